The molecule has 0 fully saturated rings. The lowest BCUT2D eigenvalue weighted by Gasteiger charge is -2.25. The van der Waals surface area contributed by atoms with Gasteiger partial charge in [-0.25, -0.2) is 8.42 Å². The third kappa shape index (κ3) is 2.87. The summed E-state index contributed by atoms with van der Waals surface area (Å²) in [6.07, 6.45) is 5.78. The summed E-state index contributed by atoms with van der Waals surface area (Å²) in [6.45, 7) is 1.95. The molecule has 4 nitrogen and oxygen atoms in total. The van der Waals surface area contributed by atoms with Crippen molar-refractivity contribution in [3.8, 4) is 0 Å². The molecule has 0 radical (unpaired) electrons. The molecular formula is C14H17NO3S. The molecule has 0 aliphatic carbocycles. The molecule has 0 saturated carbocycles. The van der Waals surface area contributed by atoms with E-state index in [1.54, 1.807) is 4.90 Å². The Morgan fingerprint density at radius 2 is 2.00 bits per heavy atom. The standard InChI is InChI=1S/C14H17NO3S/c1-11(19(2,17)18)14(16)15-10-6-5-8-12-7-3-4-9-13(12)15/h3-5,7-9,11H,6,10H2,1-2H3/t11-/m1/s1. The molecule has 1 heterocycles. The predicted molar refractivity (Wildman–Crippen MR) is 76.8 cm³/mol. The van der Waals surface area contributed by atoms with Gasteiger partial charge >= 0.3 is 0 Å². The van der Waals surface area contributed by atoms with Crippen LogP contribution in [0.4, 0.5) is 5.69 Å². The average Bonchev–Trinajstić information content (AvgIpc) is 2.58. The Morgan fingerprint density at radius 1 is 1.32 bits per heavy atom. The minimum Gasteiger partial charge on any atom is -0.310 e. The van der Waals surface area contributed by atoms with E-state index < -0.39 is 15.1 Å². The molecule has 2 rings (SSSR count). The molecule has 1 amide bonds. The van der Waals surface area contributed by atoms with Crippen molar-refractivity contribution in [1.29, 1.82) is 0 Å². The van der Waals surface area contributed by atoms with E-state index in [-0.39, 0.29) is 5.91 Å². The molecule has 0 spiro atoms. The second-order valence-electron chi connectivity index (χ2n) is 4.71. The molecule has 0 bridgehead atoms. The summed E-state index contributed by atoms with van der Waals surface area (Å²) >= 11 is 0. The third-order valence-corrected chi connectivity index (χ3v) is 4.79. The van der Waals surface area contributed by atoms with Crippen LogP contribution < -0.4 is 4.90 Å². The van der Waals surface area contributed by atoms with E-state index in [9.17, 15) is 13.2 Å². The zero-order valence-corrected chi connectivity index (χ0v) is 11.9. The van der Waals surface area contributed by atoms with Gasteiger partial charge in [-0.1, -0.05) is 30.4 Å². The molecule has 1 atom stereocenters. The number of sulfone groups is 1. The second kappa shape index (κ2) is 5.17. The quantitative estimate of drug-likeness (QED) is 0.830. The van der Waals surface area contributed by atoms with Crippen molar-refractivity contribution in [2.75, 3.05) is 17.7 Å². The number of rotatable bonds is 2. The van der Waals surface area contributed by atoms with Gasteiger partial charge in [-0.2, -0.15) is 0 Å². The van der Waals surface area contributed by atoms with Crippen LogP contribution >= 0.6 is 0 Å². The molecule has 1 aliphatic heterocycles. The molecule has 0 unspecified atom stereocenters. The summed E-state index contributed by atoms with van der Waals surface area (Å²) in [7, 11) is -3.38. The maximum atomic E-state index is 12.4. The van der Waals surface area contributed by atoms with Crippen molar-refractivity contribution in [2.24, 2.45) is 0 Å². The van der Waals surface area contributed by atoms with Crippen LogP contribution in [-0.4, -0.2) is 32.4 Å². The minimum atomic E-state index is -3.38. The summed E-state index contributed by atoms with van der Waals surface area (Å²) in [5, 5.41) is -1.02. The van der Waals surface area contributed by atoms with Crippen LogP contribution in [0, 0.1) is 0 Å². The lowest BCUT2D eigenvalue weighted by Crippen LogP contribution is -2.41. The summed E-state index contributed by atoms with van der Waals surface area (Å²) in [6, 6.07) is 7.51. The third-order valence-electron chi connectivity index (χ3n) is 3.30. The number of benzene rings is 1. The molecule has 1 aromatic carbocycles. The Bertz CT molecular complexity index is 619. The summed E-state index contributed by atoms with van der Waals surface area (Å²) in [4.78, 5) is 13.9. The van der Waals surface area contributed by atoms with Gasteiger partial charge in [-0.3, -0.25) is 4.79 Å². The Kier molecular flexibility index (Phi) is 3.75. The van der Waals surface area contributed by atoms with E-state index >= 15 is 0 Å². The van der Waals surface area contributed by atoms with Crippen molar-refractivity contribution < 1.29 is 13.2 Å². The molecule has 0 N–H and O–H groups in total. The lowest BCUT2D eigenvalue weighted by molar-refractivity contribution is -0.117. The molecule has 1 aliphatic rings. The number of amides is 1. The van der Waals surface area contributed by atoms with Gasteiger partial charge in [-0.05, 0) is 25.0 Å². The minimum absolute atomic E-state index is 0.362. The van der Waals surface area contributed by atoms with Crippen LogP contribution in [0.1, 0.15) is 18.9 Å². The van der Waals surface area contributed by atoms with Gasteiger partial charge < -0.3 is 4.90 Å². The van der Waals surface area contributed by atoms with Gasteiger partial charge in [-0.15, -0.1) is 0 Å². The van der Waals surface area contributed by atoms with Gasteiger partial charge in [0.05, 0.1) is 5.69 Å². The highest BCUT2D eigenvalue weighted by molar-refractivity contribution is 7.92. The maximum Gasteiger partial charge on any atom is 0.245 e. The van der Waals surface area contributed by atoms with Crippen LogP contribution in [0.15, 0.2) is 30.3 Å². The van der Waals surface area contributed by atoms with E-state index in [0.29, 0.717) is 6.54 Å². The first-order valence-corrected chi connectivity index (χ1v) is 8.12. The Morgan fingerprint density at radius 3 is 2.68 bits per heavy atom. The number of hydrogen-bond donors (Lipinski definition) is 0. The summed E-state index contributed by atoms with van der Waals surface area (Å²) < 4.78 is 23.1. The first-order valence-electron chi connectivity index (χ1n) is 6.17. The average molecular weight is 279 g/mol. The molecule has 0 aromatic heterocycles. The molecule has 102 valence electrons. The topological polar surface area (TPSA) is 54.5 Å². The maximum absolute atomic E-state index is 12.4. The molecular weight excluding hydrogens is 262 g/mol. The molecule has 0 saturated heterocycles. The smallest absolute Gasteiger partial charge is 0.245 e. The van der Waals surface area contributed by atoms with Crippen molar-refractivity contribution in [3.05, 3.63) is 35.9 Å². The molecule has 5 heteroatoms. The van der Waals surface area contributed by atoms with E-state index in [1.807, 2.05) is 36.4 Å². The Hall–Kier alpha value is -1.62. The molecule has 1 aromatic rings. The number of anilines is 1. The van der Waals surface area contributed by atoms with Gasteiger partial charge in [0, 0.05) is 12.8 Å². The van der Waals surface area contributed by atoms with Crippen molar-refractivity contribution >= 4 is 27.5 Å². The van der Waals surface area contributed by atoms with Gasteiger partial charge in [0.15, 0.2) is 9.84 Å². The fourth-order valence-electron chi connectivity index (χ4n) is 2.04. The van der Waals surface area contributed by atoms with Crippen molar-refractivity contribution in [3.63, 3.8) is 0 Å². The zero-order valence-electron chi connectivity index (χ0n) is 11.0. The first-order chi connectivity index (χ1) is 8.91. The first kappa shape index (κ1) is 13.8. The SMILES string of the molecule is C[C@H](C(=O)N1CCC=Cc2ccccc21)S(C)(=O)=O. The highest BCUT2D eigenvalue weighted by atomic mass is 32.2. The van der Waals surface area contributed by atoms with Gasteiger partial charge in [0.2, 0.25) is 5.91 Å². The van der Waals surface area contributed by atoms with Gasteiger partial charge in [0.25, 0.3) is 0 Å². The van der Waals surface area contributed by atoms with E-state index in [1.165, 1.54) is 6.92 Å². The Labute approximate surface area is 113 Å². The number of carbonyl (C=O) groups is 1. The number of carbonyl (C=O) groups excluding carboxylic acids is 1. The number of hydrogen-bond acceptors (Lipinski definition) is 3. The number of para-hydroxylation sites is 1. The van der Waals surface area contributed by atoms with Crippen molar-refractivity contribution in [1.82, 2.24) is 0 Å². The monoisotopic (exact) mass is 279 g/mol. The largest absolute Gasteiger partial charge is 0.310 e. The fourth-order valence-corrected chi connectivity index (χ4v) is 2.53. The van der Waals surface area contributed by atoms with Gasteiger partial charge in [0.1, 0.15) is 5.25 Å². The van der Waals surface area contributed by atoms with Crippen LogP contribution in [0.5, 0.6) is 0 Å². The van der Waals surface area contributed by atoms with Crippen LogP contribution in [0.3, 0.4) is 0 Å². The lowest BCUT2D eigenvalue weighted by atomic mass is 10.1. The predicted octanol–water partition coefficient (Wildman–Crippen LogP) is 1.87. The normalized spacial score (nSPS) is 16.6. The van der Waals surface area contributed by atoms with Crippen molar-refractivity contribution in [2.45, 2.75) is 18.6 Å². The zero-order chi connectivity index (χ0) is 14.0. The summed E-state index contributed by atoms with van der Waals surface area (Å²) in [5.41, 5.74) is 1.71. The number of fused-ring (bicyclic) bond motifs is 1. The highest BCUT2D eigenvalue weighted by Crippen LogP contribution is 2.26. The second-order valence-corrected chi connectivity index (χ2v) is 7.08. The molecule has 19 heavy (non-hydrogen) atoms. The Balaban J connectivity index is 2.40. The number of nitrogens with zero attached hydrogens (tertiary/aromatic N) is 1. The van der Waals surface area contributed by atoms with Crippen LogP contribution in [0.25, 0.3) is 6.08 Å². The van der Waals surface area contributed by atoms with E-state index in [4.69, 9.17) is 0 Å². The van der Waals surface area contributed by atoms with Crippen LogP contribution in [0.2, 0.25) is 0 Å². The highest BCUT2D eigenvalue weighted by Gasteiger charge is 2.30. The summed E-state index contributed by atoms with van der Waals surface area (Å²) in [5.74, 6) is -0.362. The van der Waals surface area contributed by atoms with E-state index in [2.05, 4.69) is 0 Å². The van der Waals surface area contributed by atoms with Crippen LogP contribution in [-0.2, 0) is 14.6 Å². The fraction of sp³-hybridized carbons (Fsp3) is 0.357. The van der Waals surface area contributed by atoms with E-state index in [0.717, 1.165) is 23.9 Å².